The standard InChI is InChI=1S/C14H25N3/c1-2-13-5-3-4-6-14(13)17-11-9-16(8-7-15)10-12-17/h13-14H,2-6,8-12H2,1H3. The topological polar surface area (TPSA) is 30.3 Å². The predicted molar refractivity (Wildman–Crippen MR) is 69.7 cm³/mol. The van der Waals surface area contributed by atoms with Gasteiger partial charge in [0.15, 0.2) is 0 Å². The van der Waals surface area contributed by atoms with Gasteiger partial charge in [0.1, 0.15) is 0 Å². The summed E-state index contributed by atoms with van der Waals surface area (Å²) >= 11 is 0. The van der Waals surface area contributed by atoms with Crippen molar-refractivity contribution >= 4 is 0 Å². The van der Waals surface area contributed by atoms with Crippen LogP contribution in [0.4, 0.5) is 0 Å². The fraction of sp³-hybridized carbons (Fsp3) is 0.929. The Kier molecular flexibility index (Phi) is 4.82. The summed E-state index contributed by atoms with van der Waals surface area (Å²) in [5, 5.41) is 8.71. The first kappa shape index (κ1) is 12.9. The monoisotopic (exact) mass is 235 g/mol. The fourth-order valence-corrected chi connectivity index (χ4v) is 3.50. The van der Waals surface area contributed by atoms with Crippen LogP contribution >= 0.6 is 0 Å². The molecule has 2 unspecified atom stereocenters. The van der Waals surface area contributed by atoms with Gasteiger partial charge < -0.3 is 0 Å². The summed E-state index contributed by atoms with van der Waals surface area (Å²) < 4.78 is 0. The third-order valence-electron chi connectivity index (χ3n) is 4.56. The highest BCUT2D eigenvalue weighted by Gasteiger charge is 2.30. The molecule has 0 bridgehead atoms. The Balaban J connectivity index is 1.84. The molecule has 3 heteroatoms. The zero-order chi connectivity index (χ0) is 12.1. The van der Waals surface area contributed by atoms with E-state index in [4.69, 9.17) is 5.26 Å². The Morgan fingerprint density at radius 2 is 1.82 bits per heavy atom. The molecule has 1 aliphatic carbocycles. The Hall–Kier alpha value is -0.590. The van der Waals surface area contributed by atoms with Crippen molar-refractivity contribution in [2.24, 2.45) is 5.92 Å². The van der Waals surface area contributed by atoms with Crippen LogP contribution in [0.3, 0.4) is 0 Å². The third-order valence-corrected chi connectivity index (χ3v) is 4.56. The van der Waals surface area contributed by atoms with Crippen LogP contribution in [-0.2, 0) is 0 Å². The lowest BCUT2D eigenvalue weighted by atomic mass is 9.81. The van der Waals surface area contributed by atoms with Crippen LogP contribution in [0.25, 0.3) is 0 Å². The van der Waals surface area contributed by atoms with Crippen LogP contribution < -0.4 is 0 Å². The molecule has 3 nitrogen and oxygen atoms in total. The van der Waals surface area contributed by atoms with Gasteiger partial charge >= 0.3 is 0 Å². The van der Waals surface area contributed by atoms with Gasteiger partial charge in [0.25, 0.3) is 0 Å². The minimum absolute atomic E-state index is 0.607. The van der Waals surface area contributed by atoms with Crippen LogP contribution in [0.1, 0.15) is 39.0 Å². The van der Waals surface area contributed by atoms with Crippen molar-refractivity contribution in [3.63, 3.8) is 0 Å². The summed E-state index contributed by atoms with van der Waals surface area (Å²) in [5.41, 5.74) is 0. The van der Waals surface area contributed by atoms with Crippen LogP contribution in [0.15, 0.2) is 0 Å². The second-order valence-electron chi connectivity index (χ2n) is 5.49. The van der Waals surface area contributed by atoms with Crippen LogP contribution in [0, 0.1) is 17.2 Å². The highest BCUT2D eigenvalue weighted by molar-refractivity contribution is 4.87. The highest BCUT2D eigenvalue weighted by atomic mass is 15.3. The number of nitrogens with zero attached hydrogens (tertiary/aromatic N) is 3. The Bertz CT molecular complexity index is 263. The molecule has 0 aromatic rings. The van der Waals surface area contributed by atoms with Crippen LogP contribution in [-0.4, -0.2) is 48.6 Å². The zero-order valence-corrected chi connectivity index (χ0v) is 11.1. The molecule has 1 saturated heterocycles. The minimum atomic E-state index is 0.607. The van der Waals surface area contributed by atoms with Gasteiger partial charge in [-0.05, 0) is 18.8 Å². The SMILES string of the molecule is CCC1CCCCC1N1CCN(CC#N)CC1. The van der Waals surface area contributed by atoms with E-state index in [1.807, 2.05) is 0 Å². The van der Waals surface area contributed by atoms with E-state index >= 15 is 0 Å². The number of hydrogen-bond donors (Lipinski definition) is 0. The average Bonchev–Trinajstić information content (AvgIpc) is 2.40. The highest BCUT2D eigenvalue weighted by Crippen LogP contribution is 2.31. The number of piperazine rings is 1. The molecular formula is C14H25N3. The normalized spacial score (nSPS) is 32.2. The summed E-state index contributed by atoms with van der Waals surface area (Å²) in [7, 11) is 0. The van der Waals surface area contributed by atoms with Crippen molar-refractivity contribution in [2.75, 3.05) is 32.7 Å². The van der Waals surface area contributed by atoms with Gasteiger partial charge in [-0.1, -0.05) is 26.2 Å². The second kappa shape index (κ2) is 6.37. The molecule has 0 aromatic carbocycles. The van der Waals surface area contributed by atoms with E-state index in [0.29, 0.717) is 6.54 Å². The number of nitriles is 1. The quantitative estimate of drug-likeness (QED) is 0.702. The molecule has 2 fully saturated rings. The smallest absolute Gasteiger partial charge is 0.0866 e. The van der Waals surface area contributed by atoms with Gasteiger partial charge in [-0.15, -0.1) is 0 Å². The lowest BCUT2D eigenvalue weighted by Crippen LogP contribution is -2.52. The van der Waals surface area contributed by atoms with Gasteiger partial charge in [-0.25, -0.2) is 0 Å². The molecule has 1 aliphatic heterocycles. The summed E-state index contributed by atoms with van der Waals surface area (Å²) in [6.07, 6.45) is 7.02. The number of rotatable bonds is 3. The lowest BCUT2D eigenvalue weighted by Gasteiger charge is -2.43. The molecule has 0 radical (unpaired) electrons. The number of hydrogen-bond acceptors (Lipinski definition) is 3. The third kappa shape index (κ3) is 3.20. The first-order valence-electron chi connectivity index (χ1n) is 7.18. The van der Waals surface area contributed by atoms with E-state index in [9.17, 15) is 0 Å². The van der Waals surface area contributed by atoms with Gasteiger partial charge in [-0.2, -0.15) is 5.26 Å². The van der Waals surface area contributed by atoms with Crippen molar-refractivity contribution in [1.82, 2.24) is 9.80 Å². The zero-order valence-electron chi connectivity index (χ0n) is 11.1. The summed E-state index contributed by atoms with van der Waals surface area (Å²) in [4.78, 5) is 4.97. The van der Waals surface area contributed by atoms with Crippen molar-refractivity contribution in [3.05, 3.63) is 0 Å². The van der Waals surface area contributed by atoms with Crippen molar-refractivity contribution < 1.29 is 0 Å². The maximum atomic E-state index is 8.71. The van der Waals surface area contributed by atoms with Gasteiger partial charge in [-0.3, -0.25) is 9.80 Å². The van der Waals surface area contributed by atoms with Gasteiger partial charge in [0.05, 0.1) is 12.6 Å². The van der Waals surface area contributed by atoms with E-state index in [-0.39, 0.29) is 0 Å². The van der Waals surface area contributed by atoms with Crippen molar-refractivity contribution in [1.29, 1.82) is 5.26 Å². The molecule has 2 rings (SSSR count). The Labute approximate surface area is 105 Å². The summed E-state index contributed by atoms with van der Waals surface area (Å²) in [5.74, 6) is 0.922. The summed E-state index contributed by atoms with van der Waals surface area (Å²) in [6.45, 7) is 7.46. The molecule has 17 heavy (non-hydrogen) atoms. The molecule has 0 N–H and O–H groups in total. The van der Waals surface area contributed by atoms with Crippen LogP contribution in [0.2, 0.25) is 0 Å². The maximum Gasteiger partial charge on any atom is 0.0866 e. The average molecular weight is 235 g/mol. The molecule has 0 aromatic heterocycles. The molecule has 0 amide bonds. The molecule has 2 aliphatic rings. The first-order valence-corrected chi connectivity index (χ1v) is 7.18. The molecule has 0 spiro atoms. The van der Waals surface area contributed by atoms with Crippen molar-refractivity contribution in [2.45, 2.75) is 45.1 Å². The predicted octanol–water partition coefficient (Wildman–Crippen LogP) is 2.10. The lowest BCUT2D eigenvalue weighted by molar-refractivity contribution is 0.0527. The Morgan fingerprint density at radius 1 is 1.12 bits per heavy atom. The molecule has 2 atom stereocenters. The Morgan fingerprint density at radius 3 is 2.47 bits per heavy atom. The first-order chi connectivity index (χ1) is 8.35. The fourth-order valence-electron chi connectivity index (χ4n) is 3.50. The van der Waals surface area contributed by atoms with Crippen molar-refractivity contribution in [3.8, 4) is 6.07 Å². The van der Waals surface area contributed by atoms with E-state index in [1.54, 1.807) is 0 Å². The molecule has 1 heterocycles. The molecule has 1 saturated carbocycles. The van der Waals surface area contributed by atoms with E-state index in [0.717, 1.165) is 25.0 Å². The molecule has 96 valence electrons. The largest absolute Gasteiger partial charge is 0.298 e. The van der Waals surface area contributed by atoms with E-state index in [1.165, 1.54) is 45.2 Å². The van der Waals surface area contributed by atoms with E-state index in [2.05, 4.69) is 22.8 Å². The maximum absolute atomic E-state index is 8.71. The van der Waals surface area contributed by atoms with Crippen LogP contribution in [0.5, 0.6) is 0 Å². The minimum Gasteiger partial charge on any atom is -0.298 e. The van der Waals surface area contributed by atoms with Gasteiger partial charge in [0, 0.05) is 32.2 Å². The van der Waals surface area contributed by atoms with E-state index < -0.39 is 0 Å². The molecular weight excluding hydrogens is 210 g/mol. The summed E-state index contributed by atoms with van der Waals surface area (Å²) in [6, 6.07) is 3.09. The second-order valence-corrected chi connectivity index (χ2v) is 5.49. The van der Waals surface area contributed by atoms with Gasteiger partial charge in [0.2, 0.25) is 0 Å².